The normalized spacial score (nSPS) is 20.6. The van der Waals surface area contributed by atoms with Crippen LogP contribution in [-0.4, -0.2) is 48.4 Å². The molecule has 1 N–H and O–H groups in total. The number of carbonyl (C=O) groups excluding carboxylic acids is 1. The lowest BCUT2D eigenvalue weighted by Gasteiger charge is -2.37. The third kappa shape index (κ3) is 8.15. The first-order valence-electron chi connectivity index (χ1n) is 13.8. The number of hydrogen-bond donors (Lipinski definition) is 1. The van der Waals surface area contributed by atoms with Crippen molar-refractivity contribution in [3.8, 4) is 0 Å². The second kappa shape index (κ2) is 13.5. The van der Waals surface area contributed by atoms with E-state index in [2.05, 4.69) is 59.6 Å². The van der Waals surface area contributed by atoms with E-state index in [4.69, 9.17) is 13.9 Å². The Bertz CT molecular complexity index is 1290. The van der Waals surface area contributed by atoms with E-state index in [0.717, 1.165) is 11.3 Å². The van der Waals surface area contributed by atoms with Gasteiger partial charge in [0, 0.05) is 29.2 Å². The summed E-state index contributed by atoms with van der Waals surface area (Å²) in [5.41, 5.74) is 0.846. The van der Waals surface area contributed by atoms with E-state index in [1.54, 1.807) is 34.6 Å². The van der Waals surface area contributed by atoms with Crippen LogP contribution in [0.3, 0.4) is 0 Å². The van der Waals surface area contributed by atoms with Crippen molar-refractivity contribution >= 4 is 35.9 Å². The molecule has 1 saturated heterocycles. The smallest absolute Gasteiger partial charge is 0.338 e. The zero-order chi connectivity index (χ0) is 29.8. The molecule has 0 aliphatic carbocycles. The molecule has 2 heterocycles. The van der Waals surface area contributed by atoms with E-state index in [-0.39, 0.29) is 23.3 Å². The van der Waals surface area contributed by atoms with Crippen LogP contribution < -0.4 is 11.2 Å². The van der Waals surface area contributed by atoms with Gasteiger partial charge in [-0.1, -0.05) is 74.4 Å². The molecule has 1 unspecified atom stereocenters. The molecule has 1 aromatic heterocycles. The average molecular weight is 609 g/mol. The number of ether oxygens (including phenoxy) is 2. The van der Waals surface area contributed by atoms with Gasteiger partial charge in [0.05, 0.1) is 12.2 Å². The first-order valence-corrected chi connectivity index (χ1v) is 19.1. The van der Waals surface area contributed by atoms with Crippen molar-refractivity contribution in [2.24, 2.45) is 5.92 Å². The maximum atomic E-state index is 13.6. The van der Waals surface area contributed by atoms with E-state index < -0.39 is 44.0 Å². The standard InChI is InChI=1S/C29H44N2O6S2Si/c1-18(2)17-38-39-20(4)21-12-10-11-13-22(21)27(33)37-23-14-25(31-15-19(3)26(32)30-28(31)34)36-24(23)16-35-40(8,9)29(5,6)7/h10-13,15,18,20,23-25H,14,16-17H2,1-9H3,(H,30,32,34)/t20?,23-,24-,25-/m1/s1. The van der Waals surface area contributed by atoms with Gasteiger partial charge in [-0.2, -0.15) is 0 Å². The number of hydrogen-bond acceptors (Lipinski definition) is 8. The maximum absolute atomic E-state index is 13.6. The number of rotatable bonds is 11. The third-order valence-corrected chi connectivity index (χ3v) is 15.2. The van der Waals surface area contributed by atoms with E-state index >= 15 is 0 Å². The van der Waals surface area contributed by atoms with E-state index in [1.165, 1.54) is 10.8 Å². The number of aromatic amines is 1. The molecule has 3 rings (SSSR count). The molecule has 0 saturated carbocycles. The van der Waals surface area contributed by atoms with Gasteiger partial charge in [0.25, 0.3) is 5.56 Å². The molecule has 0 bridgehead atoms. The second-order valence-corrected chi connectivity index (χ2v) is 19.9. The molecular weight excluding hydrogens is 565 g/mol. The summed E-state index contributed by atoms with van der Waals surface area (Å²) in [5, 5.41) is 0.0882. The molecule has 0 amide bonds. The molecule has 2 aromatic rings. The van der Waals surface area contributed by atoms with Crippen LogP contribution in [0.4, 0.5) is 0 Å². The Balaban J connectivity index is 1.85. The largest absolute Gasteiger partial charge is 0.456 e. The summed E-state index contributed by atoms with van der Waals surface area (Å²) >= 11 is 0. The van der Waals surface area contributed by atoms with Crippen molar-refractivity contribution in [1.29, 1.82) is 0 Å². The van der Waals surface area contributed by atoms with Crippen molar-refractivity contribution in [2.45, 2.75) is 96.7 Å². The minimum Gasteiger partial charge on any atom is -0.456 e. The number of carbonyl (C=O) groups is 1. The topological polar surface area (TPSA) is 99.6 Å². The fourth-order valence-electron chi connectivity index (χ4n) is 4.02. The second-order valence-electron chi connectivity index (χ2n) is 12.4. The van der Waals surface area contributed by atoms with Crippen molar-refractivity contribution < 1.29 is 18.7 Å². The predicted octanol–water partition coefficient (Wildman–Crippen LogP) is 6.48. The molecule has 1 fully saturated rings. The van der Waals surface area contributed by atoms with Gasteiger partial charge >= 0.3 is 11.7 Å². The molecule has 40 heavy (non-hydrogen) atoms. The summed E-state index contributed by atoms with van der Waals surface area (Å²) < 4.78 is 20.2. The molecule has 1 aliphatic heterocycles. The molecule has 11 heteroatoms. The quantitative estimate of drug-likeness (QED) is 0.176. The van der Waals surface area contributed by atoms with Gasteiger partial charge in [0.1, 0.15) is 18.4 Å². The highest BCUT2D eigenvalue weighted by Gasteiger charge is 2.43. The average Bonchev–Trinajstić information content (AvgIpc) is 3.26. The van der Waals surface area contributed by atoms with Crippen LogP contribution in [-0.2, 0) is 13.9 Å². The lowest BCUT2D eigenvalue weighted by atomic mass is 10.0. The van der Waals surface area contributed by atoms with Gasteiger partial charge < -0.3 is 13.9 Å². The number of aromatic nitrogens is 2. The van der Waals surface area contributed by atoms with Gasteiger partial charge in [-0.15, -0.1) is 0 Å². The molecule has 8 nitrogen and oxygen atoms in total. The van der Waals surface area contributed by atoms with Crippen LogP contribution in [0.1, 0.15) is 80.9 Å². The van der Waals surface area contributed by atoms with Crippen LogP contribution in [0.2, 0.25) is 18.1 Å². The number of aryl methyl sites for hydroxylation is 1. The van der Waals surface area contributed by atoms with Crippen molar-refractivity contribution in [1.82, 2.24) is 9.55 Å². The van der Waals surface area contributed by atoms with Gasteiger partial charge in [-0.3, -0.25) is 14.3 Å². The monoisotopic (exact) mass is 608 g/mol. The predicted molar refractivity (Wildman–Crippen MR) is 167 cm³/mol. The summed E-state index contributed by atoms with van der Waals surface area (Å²) in [6.07, 6.45) is -0.147. The number of nitrogens with zero attached hydrogens (tertiary/aromatic N) is 1. The zero-order valence-corrected chi connectivity index (χ0v) is 27.7. The van der Waals surface area contributed by atoms with Gasteiger partial charge in [0.15, 0.2) is 8.32 Å². The fourth-order valence-corrected chi connectivity index (χ4v) is 7.87. The summed E-state index contributed by atoms with van der Waals surface area (Å²) in [6, 6.07) is 7.55. The zero-order valence-electron chi connectivity index (χ0n) is 25.1. The van der Waals surface area contributed by atoms with Gasteiger partial charge in [0.2, 0.25) is 0 Å². The highest BCUT2D eigenvalue weighted by Crippen LogP contribution is 2.41. The fraction of sp³-hybridized carbons (Fsp3) is 0.621. The summed E-state index contributed by atoms with van der Waals surface area (Å²) in [6.45, 7) is 19.1. The van der Waals surface area contributed by atoms with Crippen molar-refractivity contribution in [3.05, 3.63) is 68.0 Å². The van der Waals surface area contributed by atoms with Crippen LogP contribution in [0.25, 0.3) is 0 Å². The summed E-state index contributed by atoms with van der Waals surface area (Å²) in [7, 11) is 1.43. The number of benzene rings is 1. The SMILES string of the molecule is Cc1cn([C@H]2C[C@@H](OC(=O)c3ccccc3C(C)SSCC(C)C)[C@@H](CO[Si](C)(C)C(C)(C)C)O2)c(=O)[nH]c1=O. The van der Waals surface area contributed by atoms with Crippen LogP contribution >= 0.6 is 21.6 Å². The third-order valence-electron chi connectivity index (χ3n) is 7.54. The number of nitrogens with one attached hydrogen (secondary N) is 1. The minimum atomic E-state index is -2.12. The maximum Gasteiger partial charge on any atom is 0.338 e. The van der Waals surface area contributed by atoms with Gasteiger partial charge in [-0.25, -0.2) is 9.59 Å². The highest BCUT2D eigenvalue weighted by molar-refractivity contribution is 8.76. The highest BCUT2D eigenvalue weighted by atomic mass is 33.1. The molecule has 1 aliphatic rings. The van der Waals surface area contributed by atoms with Crippen molar-refractivity contribution in [3.63, 3.8) is 0 Å². The molecule has 222 valence electrons. The summed E-state index contributed by atoms with van der Waals surface area (Å²) in [4.78, 5) is 40.5. The van der Waals surface area contributed by atoms with Crippen LogP contribution in [0.15, 0.2) is 40.1 Å². The van der Waals surface area contributed by atoms with E-state index in [0.29, 0.717) is 17.0 Å². The van der Waals surface area contributed by atoms with Gasteiger partial charge in [-0.05, 0) is 49.5 Å². The lowest BCUT2D eigenvalue weighted by molar-refractivity contribution is -0.0498. The Morgan fingerprint density at radius 3 is 2.52 bits per heavy atom. The van der Waals surface area contributed by atoms with E-state index in [1.807, 2.05) is 18.2 Å². The molecule has 0 radical (unpaired) electrons. The van der Waals surface area contributed by atoms with E-state index in [9.17, 15) is 14.4 Å². The lowest BCUT2D eigenvalue weighted by Crippen LogP contribution is -2.44. The number of esters is 1. The first kappa shape index (κ1) is 32.7. The Kier molecular flexibility index (Phi) is 11.0. The Hall–Kier alpha value is -1.79. The van der Waals surface area contributed by atoms with Crippen molar-refractivity contribution in [2.75, 3.05) is 12.4 Å². The Morgan fingerprint density at radius 1 is 1.20 bits per heavy atom. The molecular formula is C29H44N2O6S2Si. The Labute approximate surface area is 246 Å². The summed E-state index contributed by atoms with van der Waals surface area (Å²) in [5.74, 6) is 1.19. The minimum absolute atomic E-state index is 0.00945. The molecule has 1 aromatic carbocycles. The Morgan fingerprint density at radius 2 is 1.88 bits per heavy atom. The number of H-pyrrole nitrogens is 1. The van der Waals surface area contributed by atoms with Crippen LogP contribution in [0, 0.1) is 12.8 Å². The molecule has 4 atom stereocenters. The van der Waals surface area contributed by atoms with Crippen LogP contribution in [0.5, 0.6) is 0 Å². The molecule has 0 spiro atoms. The first-order chi connectivity index (χ1) is 18.6.